The zero-order valence-electron chi connectivity index (χ0n) is 9.92. The molecule has 90 valence electrons. The van der Waals surface area contributed by atoms with Crippen molar-refractivity contribution in [1.82, 2.24) is 4.57 Å². The van der Waals surface area contributed by atoms with E-state index in [0.29, 0.717) is 23.4 Å². The maximum atomic E-state index is 10.9. The first-order valence-corrected chi connectivity index (χ1v) is 5.50. The van der Waals surface area contributed by atoms with Crippen LogP contribution in [0.2, 0.25) is 0 Å². The van der Waals surface area contributed by atoms with Crippen LogP contribution in [0.15, 0.2) is 36.5 Å². The van der Waals surface area contributed by atoms with Crippen molar-refractivity contribution in [2.45, 2.75) is 13.5 Å². The smallest absolute Gasteiger partial charge is 0.337 e. The molecule has 0 radical (unpaired) electrons. The van der Waals surface area contributed by atoms with Crippen molar-refractivity contribution in [2.75, 3.05) is 0 Å². The average molecular weight is 240 g/mol. The second-order valence-corrected chi connectivity index (χ2v) is 4.06. The van der Waals surface area contributed by atoms with Gasteiger partial charge < -0.3 is 9.67 Å². The van der Waals surface area contributed by atoms with Crippen LogP contribution in [0.5, 0.6) is 0 Å². The van der Waals surface area contributed by atoms with Crippen LogP contribution in [0.3, 0.4) is 0 Å². The Kier molecular flexibility index (Phi) is 3.16. The van der Waals surface area contributed by atoms with Crippen LogP contribution in [-0.2, 0) is 6.54 Å². The molecule has 1 N–H and O–H groups in total. The molecule has 0 spiro atoms. The second-order valence-electron chi connectivity index (χ2n) is 4.06. The first kappa shape index (κ1) is 11.9. The van der Waals surface area contributed by atoms with Gasteiger partial charge in [0.25, 0.3) is 0 Å². The van der Waals surface area contributed by atoms with Crippen LogP contribution in [0.4, 0.5) is 0 Å². The number of carboxylic acids is 1. The van der Waals surface area contributed by atoms with E-state index in [1.807, 2.05) is 16.7 Å². The molecule has 0 fully saturated rings. The number of nitriles is 1. The third-order valence-electron chi connectivity index (χ3n) is 2.88. The van der Waals surface area contributed by atoms with Gasteiger partial charge in [0.2, 0.25) is 0 Å². The minimum Gasteiger partial charge on any atom is -0.478 e. The Labute approximate surface area is 105 Å². The molecule has 2 rings (SSSR count). The number of benzene rings is 1. The molecular weight excluding hydrogens is 228 g/mol. The van der Waals surface area contributed by atoms with Crippen LogP contribution in [0, 0.1) is 18.3 Å². The van der Waals surface area contributed by atoms with Gasteiger partial charge in [0, 0.05) is 18.4 Å². The van der Waals surface area contributed by atoms with Gasteiger partial charge in [-0.25, -0.2) is 4.79 Å². The Morgan fingerprint density at radius 3 is 2.83 bits per heavy atom. The molecule has 1 heterocycles. The van der Waals surface area contributed by atoms with Gasteiger partial charge in [-0.2, -0.15) is 5.26 Å². The minimum absolute atomic E-state index is 0.312. The van der Waals surface area contributed by atoms with Gasteiger partial charge in [0.05, 0.1) is 17.2 Å². The van der Waals surface area contributed by atoms with Crippen molar-refractivity contribution >= 4 is 5.97 Å². The van der Waals surface area contributed by atoms with E-state index >= 15 is 0 Å². The molecular formula is C14H12N2O2. The number of hydrogen-bond donors (Lipinski definition) is 1. The normalized spacial score (nSPS) is 10.0. The van der Waals surface area contributed by atoms with Gasteiger partial charge in [0.1, 0.15) is 0 Å². The highest BCUT2D eigenvalue weighted by atomic mass is 16.4. The predicted molar refractivity (Wildman–Crippen MR) is 66.4 cm³/mol. The molecule has 0 amide bonds. The van der Waals surface area contributed by atoms with Crippen molar-refractivity contribution in [2.24, 2.45) is 0 Å². The summed E-state index contributed by atoms with van der Waals surface area (Å²) in [4.78, 5) is 10.9. The van der Waals surface area contributed by atoms with Crippen molar-refractivity contribution < 1.29 is 9.90 Å². The molecule has 0 saturated heterocycles. The average Bonchev–Trinajstić information content (AvgIpc) is 2.71. The molecule has 0 aliphatic heterocycles. The van der Waals surface area contributed by atoms with Crippen molar-refractivity contribution in [3.63, 3.8) is 0 Å². The Balaban J connectivity index is 2.29. The highest BCUT2D eigenvalue weighted by Gasteiger charge is 2.11. The molecule has 0 aliphatic rings. The monoisotopic (exact) mass is 240 g/mol. The first-order valence-electron chi connectivity index (χ1n) is 5.50. The maximum Gasteiger partial charge on any atom is 0.337 e. The first-order chi connectivity index (χ1) is 8.61. The summed E-state index contributed by atoms with van der Waals surface area (Å²) in [5.41, 5.74) is 2.61. The highest BCUT2D eigenvalue weighted by molar-refractivity contribution is 5.88. The standard InChI is InChI=1S/C14H12N2O2/c1-10-13(14(17)18)5-6-16(10)9-12-4-2-3-11(7-12)8-15/h2-7H,9H2,1H3,(H,17,18). The highest BCUT2D eigenvalue weighted by Crippen LogP contribution is 2.13. The van der Waals surface area contributed by atoms with E-state index in [1.54, 1.807) is 31.3 Å². The molecule has 0 bridgehead atoms. The Morgan fingerprint density at radius 1 is 1.44 bits per heavy atom. The molecule has 2 aromatic rings. The van der Waals surface area contributed by atoms with E-state index in [-0.39, 0.29) is 0 Å². The minimum atomic E-state index is -0.919. The number of aromatic carboxylic acids is 1. The lowest BCUT2D eigenvalue weighted by Gasteiger charge is -2.07. The summed E-state index contributed by atoms with van der Waals surface area (Å²) in [6.45, 7) is 2.34. The van der Waals surface area contributed by atoms with Crippen LogP contribution in [-0.4, -0.2) is 15.6 Å². The quantitative estimate of drug-likeness (QED) is 0.895. The summed E-state index contributed by atoms with van der Waals surface area (Å²) in [6.07, 6.45) is 1.75. The van der Waals surface area contributed by atoms with E-state index in [1.165, 1.54) is 0 Å². The zero-order chi connectivity index (χ0) is 13.1. The molecule has 0 atom stereocenters. The molecule has 4 nitrogen and oxygen atoms in total. The molecule has 4 heteroatoms. The fraction of sp³-hybridized carbons (Fsp3) is 0.143. The summed E-state index contributed by atoms with van der Waals surface area (Å²) >= 11 is 0. The summed E-state index contributed by atoms with van der Waals surface area (Å²) in [5, 5.41) is 17.8. The Bertz CT molecular complexity index is 635. The van der Waals surface area contributed by atoms with Gasteiger partial charge in [-0.05, 0) is 30.7 Å². The van der Waals surface area contributed by atoms with Gasteiger partial charge in [-0.15, -0.1) is 0 Å². The molecule has 0 unspecified atom stereocenters. The number of hydrogen-bond acceptors (Lipinski definition) is 2. The van der Waals surface area contributed by atoms with Crippen molar-refractivity contribution in [3.05, 3.63) is 58.9 Å². The topological polar surface area (TPSA) is 66.0 Å². The number of rotatable bonds is 3. The fourth-order valence-electron chi connectivity index (χ4n) is 1.88. The van der Waals surface area contributed by atoms with E-state index in [0.717, 1.165) is 5.56 Å². The summed E-state index contributed by atoms with van der Waals surface area (Å²) in [7, 11) is 0. The Hall–Kier alpha value is -2.54. The zero-order valence-corrected chi connectivity index (χ0v) is 9.92. The second kappa shape index (κ2) is 4.76. The van der Waals surface area contributed by atoms with Crippen molar-refractivity contribution in [1.29, 1.82) is 5.26 Å². The molecule has 0 saturated carbocycles. The van der Waals surface area contributed by atoms with E-state index in [2.05, 4.69) is 6.07 Å². The van der Waals surface area contributed by atoms with Gasteiger partial charge in [-0.1, -0.05) is 12.1 Å². The number of aromatic nitrogens is 1. The molecule has 1 aromatic carbocycles. The van der Waals surface area contributed by atoms with Crippen molar-refractivity contribution in [3.8, 4) is 6.07 Å². The maximum absolute atomic E-state index is 10.9. The predicted octanol–water partition coefficient (Wildman–Crippen LogP) is 2.41. The van der Waals surface area contributed by atoms with Gasteiger partial charge >= 0.3 is 5.97 Å². The van der Waals surface area contributed by atoms with Crippen LogP contribution >= 0.6 is 0 Å². The third kappa shape index (κ3) is 2.25. The SMILES string of the molecule is Cc1c(C(=O)O)ccn1Cc1cccc(C#N)c1. The lowest BCUT2D eigenvalue weighted by molar-refractivity contribution is 0.0696. The van der Waals surface area contributed by atoms with E-state index in [9.17, 15) is 4.79 Å². The third-order valence-corrected chi connectivity index (χ3v) is 2.88. The lowest BCUT2D eigenvalue weighted by atomic mass is 10.1. The summed E-state index contributed by atoms with van der Waals surface area (Å²) < 4.78 is 1.86. The number of carboxylic acid groups (broad SMARTS) is 1. The molecule has 18 heavy (non-hydrogen) atoms. The number of carbonyl (C=O) groups is 1. The lowest BCUT2D eigenvalue weighted by Crippen LogP contribution is -2.04. The molecule has 0 aliphatic carbocycles. The summed E-state index contributed by atoms with van der Waals surface area (Å²) in [5.74, 6) is -0.919. The van der Waals surface area contributed by atoms with Crippen LogP contribution in [0.1, 0.15) is 27.2 Å². The van der Waals surface area contributed by atoms with Gasteiger partial charge in [-0.3, -0.25) is 0 Å². The number of nitrogens with zero attached hydrogens (tertiary/aromatic N) is 2. The van der Waals surface area contributed by atoms with Crippen LogP contribution in [0.25, 0.3) is 0 Å². The largest absolute Gasteiger partial charge is 0.478 e. The van der Waals surface area contributed by atoms with Gasteiger partial charge in [0.15, 0.2) is 0 Å². The summed E-state index contributed by atoms with van der Waals surface area (Å²) in [6, 6.07) is 11.0. The van der Waals surface area contributed by atoms with E-state index in [4.69, 9.17) is 10.4 Å². The van der Waals surface area contributed by atoms with Crippen LogP contribution < -0.4 is 0 Å². The Morgan fingerprint density at radius 2 is 2.22 bits per heavy atom. The van der Waals surface area contributed by atoms with E-state index < -0.39 is 5.97 Å². The fourth-order valence-corrected chi connectivity index (χ4v) is 1.88. The molecule has 1 aromatic heterocycles.